The number of allylic oxidation sites excluding steroid dienone is 2. The Kier molecular flexibility index (Phi) is 3.97. The molecule has 1 aromatic carbocycles. The summed E-state index contributed by atoms with van der Waals surface area (Å²) >= 11 is 0. The van der Waals surface area contributed by atoms with Crippen molar-refractivity contribution in [2.24, 2.45) is 0 Å². The normalized spacial score (nSPS) is 15.5. The first-order valence-corrected chi connectivity index (χ1v) is 11.1. The van der Waals surface area contributed by atoms with Gasteiger partial charge >= 0.3 is 0 Å². The van der Waals surface area contributed by atoms with E-state index in [1.807, 2.05) is 12.4 Å². The third-order valence-electron chi connectivity index (χ3n) is 5.26. The molecule has 2 aromatic rings. The van der Waals surface area contributed by atoms with E-state index in [1.54, 1.807) is 0 Å². The van der Waals surface area contributed by atoms with Crippen LogP contribution >= 0.6 is 0 Å². The SMILES string of the molecule is CC(C)(C)[Si](C)(C)N1[B]C(c2cncc3ccccc23)=CC=C1. The summed E-state index contributed by atoms with van der Waals surface area (Å²) in [6.45, 7) is 11.9. The van der Waals surface area contributed by atoms with Crippen LogP contribution in [0, 0.1) is 0 Å². The van der Waals surface area contributed by atoms with Crippen molar-refractivity contribution in [2.75, 3.05) is 0 Å². The van der Waals surface area contributed by atoms with Gasteiger partial charge in [0.2, 0.25) is 0 Å². The van der Waals surface area contributed by atoms with Crippen LogP contribution in [-0.2, 0) is 0 Å². The fourth-order valence-corrected chi connectivity index (χ4v) is 4.41. The van der Waals surface area contributed by atoms with Gasteiger partial charge < -0.3 is 4.48 Å². The van der Waals surface area contributed by atoms with Crippen LogP contribution in [0.5, 0.6) is 0 Å². The van der Waals surface area contributed by atoms with Crippen molar-refractivity contribution in [2.45, 2.75) is 38.9 Å². The van der Waals surface area contributed by atoms with Crippen molar-refractivity contribution in [3.63, 3.8) is 0 Å². The first-order chi connectivity index (χ1) is 10.8. The van der Waals surface area contributed by atoms with E-state index in [2.05, 4.69) is 93.4 Å². The molecule has 2 nitrogen and oxygen atoms in total. The molecule has 1 radical (unpaired) electrons. The van der Waals surface area contributed by atoms with Crippen LogP contribution in [0.2, 0.25) is 18.1 Å². The predicted molar refractivity (Wildman–Crippen MR) is 104 cm³/mol. The minimum atomic E-state index is -1.62. The molecule has 0 fully saturated rings. The summed E-state index contributed by atoms with van der Waals surface area (Å²) < 4.78 is 2.46. The zero-order chi connectivity index (χ0) is 16.7. The third kappa shape index (κ3) is 2.88. The molecule has 0 amide bonds. The predicted octanol–water partition coefficient (Wildman–Crippen LogP) is 5.03. The molecule has 0 spiro atoms. The fourth-order valence-electron chi connectivity index (χ4n) is 2.72. The molecule has 1 aliphatic rings. The highest BCUT2D eigenvalue weighted by Crippen LogP contribution is 2.39. The number of rotatable bonds is 2. The Labute approximate surface area is 141 Å². The minimum Gasteiger partial charge on any atom is -0.448 e. The number of aromatic nitrogens is 1. The number of hydrogen-bond donors (Lipinski definition) is 0. The molecule has 2 heterocycles. The summed E-state index contributed by atoms with van der Waals surface area (Å²) in [5.41, 5.74) is 2.44. The maximum Gasteiger partial charge on any atom is 0.276 e. The molecule has 0 unspecified atom stereocenters. The lowest BCUT2D eigenvalue weighted by Crippen LogP contribution is -2.54. The molecule has 0 saturated carbocycles. The molecular weight excluding hydrogens is 295 g/mol. The topological polar surface area (TPSA) is 16.1 Å². The monoisotopic (exact) mass is 319 g/mol. The van der Waals surface area contributed by atoms with Gasteiger partial charge in [-0.05, 0) is 28.3 Å². The van der Waals surface area contributed by atoms with Crippen LogP contribution in [0.25, 0.3) is 16.2 Å². The van der Waals surface area contributed by atoms with E-state index in [0.29, 0.717) is 5.04 Å². The summed E-state index contributed by atoms with van der Waals surface area (Å²) in [5, 5.41) is 2.75. The van der Waals surface area contributed by atoms with Crippen molar-refractivity contribution in [3.8, 4) is 0 Å². The number of hydrogen-bond acceptors (Lipinski definition) is 2. The van der Waals surface area contributed by atoms with E-state index in [9.17, 15) is 0 Å². The van der Waals surface area contributed by atoms with Crippen LogP contribution in [0.4, 0.5) is 0 Å². The second-order valence-corrected chi connectivity index (χ2v) is 12.9. The quantitative estimate of drug-likeness (QED) is 0.722. The Hall–Kier alpha value is -1.81. The first kappa shape index (κ1) is 16.1. The van der Waals surface area contributed by atoms with Gasteiger partial charge in [-0.1, -0.05) is 69.7 Å². The lowest BCUT2D eigenvalue weighted by molar-refractivity contribution is 0.658. The highest BCUT2D eigenvalue weighted by atomic mass is 28.3. The van der Waals surface area contributed by atoms with Gasteiger partial charge in [-0.25, -0.2) is 0 Å². The van der Waals surface area contributed by atoms with Crippen LogP contribution in [-0.4, -0.2) is 25.1 Å². The Bertz CT molecular complexity index is 782. The van der Waals surface area contributed by atoms with Gasteiger partial charge in [0, 0.05) is 17.8 Å². The number of nitrogens with zero attached hydrogens (tertiary/aromatic N) is 2. The Morgan fingerprint density at radius 1 is 1.09 bits per heavy atom. The van der Waals surface area contributed by atoms with Gasteiger partial charge in [0.25, 0.3) is 7.41 Å². The van der Waals surface area contributed by atoms with Crippen LogP contribution in [0.3, 0.4) is 0 Å². The standard InChI is InChI=1S/C19H24BN2Si/c1-19(2,3)23(4,5)22-12-8-11-18(20-22)17-14-21-13-15-9-6-7-10-16(15)17/h6-14H,1-5H3. The maximum absolute atomic E-state index is 4.43. The van der Waals surface area contributed by atoms with E-state index >= 15 is 0 Å². The number of benzene rings is 1. The van der Waals surface area contributed by atoms with Crippen LogP contribution < -0.4 is 0 Å². The summed E-state index contributed by atoms with van der Waals surface area (Å²) in [6.07, 6.45) is 10.5. The maximum atomic E-state index is 4.43. The van der Waals surface area contributed by atoms with Crippen molar-refractivity contribution in [1.82, 2.24) is 9.46 Å². The molecule has 0 aliphatic carbocycles. The second kappa shape index (κ2) is 5.68. The fraction of sp³-hybridized carbons (Fsp3) is 0.316. The summed E-state index contributed by atoms with van der Waals surface area (Å²) in [4.78, 5) is 4.43. The average molecular weight is 319 g/mol. The highest BCUT2D eigenvalue weighted by Gasteiger charge is 2.40. The molecule has 0 saturated heterocycles. The molecule has 3 rings (SSSR count). The van der Waals surface area contributed by atoms with Gasteiger partial charge in [0.1, 0.15) is 8.24 Å². The molecular formula is C19H24BN2Si. The molecule has 1 aliphatic heterocycles. The average Bonchev–Trinajstić information content (AvgIpc) is 2.53. The Morgan fingerprint density at radius 2 is 1.83 bits per heavy atom. The van der Waals surface area contributed by atoms with E-state index in [1.165, 1.54) is 21.8 Å². The van der Waals surface area contributed by atoms with Crippen LogP contribution in [0.1, 0.15) is 26.3 Å². The zero-order valence-electron chi connectivity index (χ0n) is 14.7. The molecule has 0 atom stereocenters. The summed E-state index contributed by atoms with van der Waals surface area (Å²) in [7, 11) is 0.690. The van der Waals surface area contributed by atoms with Gasteiger partial charge in [0.15, 0.2) is 0 Å². The number of fused-ring (bicyclic) bond motifs is 1. The molecule has 1 aromatic heterocycles. The molecule has 0 bridgehead atoms. The van der Waals surface area contributed by atoms with E-state index < -0.39 is 8.24 Å². The Balaban J connectivity index is 1.99. The molecule has 117 valence electrons. The lowest BCUT2D eigenvalue weighted by Gasteiger charge is -2.47. The lowest BCUT2D eigenvalue weighted by atomic mass is 9.75. The van der Waals surface area contributed by atoms with E-state index in [-0.39, 0.29) is 0 Å². The number of pyridine rings is 1. The van der Waals surface area contributed by atoms with Gasteiger partial charge in [-0.3, -0.25) is 4.98 Å². The zero-order valence-corrected chi connectivity index (χ0v) is 15.7. The van der Waals surface area contributed by atoms with Crippen LogP contribution in [0.15, 0.2) is 55.0 Å². The Morgan fingerprint density at radius 3 is 2.57 bits per heavy atom. The first-order valence-electron chi connectivity index (χ1n) is 8.16. The molecule has 0 N–H and O–H groups in total. The van der Waals surface area contributed by atoms with E-state index in [4.69, 9.17) is 0 Å². The van der Waals surface area contributed by atoms with Crippen molar-refractivity contribution in [1.29, 1.82) is 0 Å². The van der Waals surface area contributed by atoms with Crippen molar-refractivity contribution < 1.29 is 0 Å². The summed E-state index contributed by atoms with van der Waals surface area (Å²) in [6, 6.07) is 8.46. The van der Waals surface area contributed by atoms with E-state index in [0.717, 1.165) is 0 Å². The second-order valence-electron chi connectivity index (χ2n) is 7.72. The molecule has 23 heavy (non-hydrogen) atoms. The smallest absolute Gasteiger partial charge is 0.276 e. The minimum absolute atomic E-state index is 0.299. The van der Waals surface area contributed by atoms with Crippen molar-refractivity contribution in [3.05, 3.63) is 60.6 Å². The van der Waals surface area contributed by atoms with Gasteiger partial charge in [-0.2, -0.15) is 0 Å². The largest absolute Gasteiger partial charge is 0.448 e. The van der Waals surface area contributed by atoms with Crippen molar-refractivity contribution >= 4 is 31.9 Å². The highest BCUT2D eigenvalue weighted by molar-refractivity contribution is 6.86. The van der Waals surface area contributed by atoms with Gasteiger partial charge in [-0.15, -0.1) is 0 Å². The summed E-state index contributed by atoms with van der Waals surface area (Å²) in [5.74, 6) is 0. The molecule has 4 heteroatoms. The van der Waals surface area contributed by atoms with Gasteiger partial charge in [0.05, 0.1) is 0 Å². The third-order valence-corrected chi connectivity index (χ3v) is 10.5.